The Morgan fingerprint density at radius 3 is 2.81 bits per heavy atom. The van der Waals surface area contributed by atoms with Crippen molar-refractivity contribution in [2.24, 2.45) is 0 Å². The van der Waals surface area contributed by atoms with Crippen LogP contribution in [0.4, 0.5) is 8.78 Å². The lowest BCUT2D eigenvalue weighted by Gasteiger charge is -2.09. The number of aromatic nitrogens is 2. The van der Waals surface area contributed by atoms with Crippen molar-refractivity contribution in [3.63, 3.8) is 0 Å². The number of hydrogen-bond donors (Lipinski definition) is 0. The molecule has 0 aliphatic carbocycles. The Morgan fingerprint density at radius 1 is 1.43 bits per heavy atom. The summed E-state index contributed by atoms with van der Waals surface area (Å²) in [6.07, 6.45) is 1.26. The van der Waals surface area contributed by atoms with Gasteiger partial charge in [0.05, 0.1) is 29.9 Å². The number of nitrogens with zero attached hydrogens (tertiary/aromatic N) is 2. The van der Waals surface area contributed by atoms with Crippen LogP contribution in [0, 0.1) is 18.6 Å². The Kier molecular flexibility index (Phi) is 4.69. The van der Waals surface area contributed by atoms with Crippen molar-refractivity contribution in [3.8, 4) is 0 Å². The summed E-state index contributed by atoms with van der Waals surface area (Å²) in [6.45, 7) is 1.99. The van der Waals surface area contributed by atoms with E-state index in [4.69, 9.17) is 16.3 Å². The van der Waals surface area contributed by atoms with Crippen LogP contribution < -0.4 is 0 Å². The molecule has 2 rings (SSSR count). The summed E-state index contributed by atoms with van der Waals surface area (Å²) in [7, 11) is 1.49. The van der Waals surface area contributed by atoms with Crippen molar-refractivity contribution in [3.05, 3.63) is 51.8 Å². The van der Waals surface area contributed by atoms with Gasteiger partial charge in [0.1, 0.15) is 17.3 Å². The van der Waals surface area contributed by atoms with E-state index in [-0.39, 0.29) is 29.4 Å². The van der Waals surface area contributed by atoms with Gasteiger partial charge in [-0.2, -0.15) is 5.10 Å². The number of benzene rings is 1. The first-order valence-electron chi connectivity index (χ1n) is 6.17. The highest BCUT2D eigenvalue weighted by molar-refractivity contribution is 6.34. The molecule has 0 atom stereocenters. The predicted molar refractivity (Wildman–Crippen MR) is 73.6 cm³/mol. The maximum Gasteiger partial charge on any atom is 0.218 e. The largest absolute Gasteiger partial charge is 0.383 e. The number of ketones is 1. The minimum Gasteiger partial charge on any atom is -0.383 e. The molecule has 0 bridgehead atoms. The Labute approximate surface area is 125 Å². The number of methoxy groups -OCH3 is 1. The normalized spacial score (nSPS) is 10.9. The van der Waals surface area contributed by atoms with Gasteiger partial charge < -0.3 is 4.74 Å². The zero-order chi connectivity index (χ0) is 15.6. The van der Waals surface area contributed by atoms with E-state index >= 15 is 0 Å². The van der Waals surface area contributed by atoms with E-state index in [1.807, 2.05) is 0 Å². The molecule has 0 N–H and O–H groups in total. The molecule has 21 heavy (non-hydrogen) atoms. The molecular formula is C14H13ClF2N2O2. The molecule has 0 fully saturated rings. The minimum absolute atomic E-state index is 0.0383. The summed E-state index contributed by atoms with van der Waals surface area (Å²) in [5.41, 5.74) is -0.507. The van der Waals surface area contributed by atoms with Gasteiger partial charge >= 0.3 is 0 Å². The monoisotopic (exact) mass is 314 g/mol. The zero-order valence-corrected chi connectivity index (χ0v) is 12.2. The molecule has 0 aliphatic rings. The van der Waals surface area contributed by atoms with Gasteiger partial charge in [0.15, 0.2) is 0 Å². The molecule has 0 aliphatic heterocycles. The zero-order valence-electron chi connectivity index (χ0n) is 11.5. The third-order valence-corrected chi connectivity index (χ3v) is 3.30. The second-order valence-corrected chi connectivity index (χ2v) is 4.85. The molecule has 0 unspecified atom stereocenters. The fourth-order valence-electron chi connectivity index (χ4n) is 1.92. The topological polar surface area (TPSA) is 44.1 Å². The van der Waals surface area contributed by atoms with Crippen LogP contribution in [0.2, 0.25) is 5.02 Å². The van der Waals surface area contributed by atoms with Crippen LogP contribution in [0.3, 0.4) is 0 Å². The molecule has 7 heteroatoms. The van der Waals surface area contributed by atoms with Gasteiger partial charge in [0.2, 0.25) is 5.78 Å². The number of aryl methyl sites for hydroxylation is 1. The summed E-state index contributed by atoms with van der Waals surface area (Å²) in [5.74, 6) is -2.67. The van der Waals surface area contributed by atoms with E-state index < -0.39 is 23.0 Å². The van der Waals surface area contributed by atoms with Gasteiger partial charge in [-0.25, -0.2) is 8.78 Å². The van der Waals surface area contributed by atoms with Crippen LogP contribution in [-0.4, -0.2) is 29.3 Å². The minimum atomic E-state index is -0.932. The standard InChI is InChI=1S/C14H13ClF2N2O2/c1-8-3-4-10(16)11(12(8)17)14(20)13-9(15)7-18-19(13)5-6-21-2/h3-4,7H,5-6H2,1-2H3. The first kappa shape index (κ1) is 15.6. The number of carbonyl (C=O) groups excluding carboxylic acids is 1. The van der Waals surface area contributed by atoms with Gasteiger partial charge in [0.25, 0.3) is 0 Å². The van der Waals surface area contributed by atoms with Crippen molar-refractivity contribution in [2.45, 2.75) is 13.5 Å². The van der Waals surface area contributed by atoms with E-state index in [1.54, 1.807) is 0 Å². The molecule has 0 radical (unpaired) electrons. The Bertz CT molecular complexity index is 686. The predicted octanol–water partition coefficient (Wildman–Crippen LogP) is 3.00. The number of ether oxygens (including phenoxy) is 1. The van der Waals surface area contributed by atoms with E-state index in [0.29, 0.717) is 0 Å². The molecule has 0 saturated carbocycles. The van der Waals surface area contributed by atoms with Crippen LogP contribution in [-0.2, 0) is 11.3 Å². The highest BCUT2D eigenvalue weighted by Gasteiger charge is 2.26. The van der Waals surface area contributed by atoms with Crippen LogP contribution >= 0.6 is 11.6 Å². The Morgan fingerprint density at radius 2 is 2.14 bits per heavy atom. The fraction of sp³-hybridized carbons (Fsp3) is 0.286. The van der Waals surface area contributed by atoms with Crippen molar-refractivity contribution in [1.29, 1.82) is 0 Å². The SMILES string of the molecule is COCCn1ncc(Cl)c1C(=O)c1c(F)ccc(C)c1F. The van der Waals surface area contributed by atoms with Crippen molar-refractivity contribution >= 4 is 17.4 Å². The maximum absolute atomic E-state index is 14.1. The second-order valence-electron chi connectivity index (χ2n) is 4.44. The lowest BCUT2D eigenvalue weighted by Crippen LogP contribution is -2.17. The van der Waals surface area contributed by atoms with Crippen molar-refractivity contribution in [1.82, 2.24) is 9.78 Å². The average Bonchev–Trinajstić information content (AvgIpc) is 2.82. The summed E-state index contributed by atoms with van der Waals surface area (Å²) >= 11 is 5.92. The average molecular weight is 315 g/mol. The van der Waals surface area contributed by atoms with Crippen LogP contribution in [0.25, 0.3) is 0 Å². The van der Waals surface area contributed by atoms with Crippen molar-refractivity contribution < 1.29 is 18.3 Å². The quantitative estimate of drug-likeness (QED) is 0.797. The number of rotatable bonds is 5. The molecule has 0 saturated heterocycles. The van der Waals surface area contributed by atoms with E-state index in [9.17, 15) is 13.6 Å². The maximum atomic E-state index is 14.1. The van der Waals surface area contributed by atoms with Crippen LogP contribution in [0.5, 0.6) is 0 Å². The lowest BCUT2D eigenvalue weighted by molar-refractivity contribution is 0.101. The molecule has 0 amide bonds. The van der Waals surface area contributed by atoms with Gasteiger partial charge in [-0.3, -0.25) is 9.48 Å². The van der Waals surface area contributed by atoms with Crippen molar-refractivity contribution in [2.75, 3.05) is 13.7 Å². The smallest absolute Gasteiger partial charge is 0.218 e. The molecule has 112 valence electrons. The van der Waals surface area contributed by atoms with E-state index in [1.165, 1.54) is 31.0 Å². The molecule has 1 heterocycles. The first-order chi connectivity index (χ1) is 9.97. The number of hydrogen-bond acceptors (Lipinski definition) is 3. The highest BCUT2D eigenvalue weighted by atomic mass is 35.5. The lowest BCUT2D eigenvalue weighted by atomic mass is 10.0. The third kappa shape index (κ3) is 2.96. The van der Waals surface area contributed by atoms with E-state index in [0.717, 1.165) is 6.07 Å². The van der Waals surface area contributed by atoms with Gasteiger partial charge in [0, 0.05) is 7.11 Å². The molecular weight excluding hydrogens is 302 g/mol. The summed E-state index contributed by atoms with van der Waals surface area (Å²) < 4.78 is 34.1. The Balaban J connectivity index is 2.51. The molecule has 2 aromatic rings. The van der Waals surface area contributed by atoms with Crippen LogP contribution in [0.1, 0.15) is 21.6 Å². The summed E-state index contributed by atoms with van der Waals surface area (Å²) in [6, 6.07) is 2.32. The number of carbonyl (C=O) groups is 1. The Hall–Kier alpha value is -1.79. The molecule has 1 aromatic heterocycles. The molecule has 4 nitrogen and oxygen atoms in total. The molecule has 1 aromatic carbocycles. The third-order valence-electron chi connectivity index (χ3n) is 3.03. The molecule has 0 spiro atoms. The number of halogens is 3. The first-order valence-corrected chi connectivity index (χ1v) is 6.54. The second kappa shape index (κ2) is 6.32. The van der Waals surface area contributed by atoms with Gasteiger partial charge in [-0.15, -0.1) is 0 Å². The van der Waals surface area contributed by atoms with Gasteiger partial charge in [-0.1, -0.05) is 17.7 Å². The van der Waals surface area contributed by atoms with Gasteiger partial charge in [-0.05, 0) is 18.6 Å². The van der Waals surface area contributed by atoms with Crippen LogP contribution in [0.15, 0.2) is 18.3 Å². The van der Waals surface area contributed by atoms with E-state index in [2.05, 4.69) is 5.10 Å². The fourth-order valence-corrected chi connectivity index (χ4v) is 2.15. The highest BCUT2D eigenvalue weighted by Crippen LogP contribution is 2.24. The summed E-state index contributed by atoms with van der Waals surface area (Å²) in [5, 5.41) is 3.96. The summed E-state index contributed by atoms with van der Waals surface area (Å²) in [4.78, 5) is 12.4.